The Balaban J connectivity index is -0.0000000800. The van der Waals surface area contributed by atoms with E-state index >= 15 is 0 Å². The van der Waals surface area contributed by atoms with Crippen LogP contribution in [0.5, 0.6) is 0 Å². The van der Waals surface area contributed by atoms with E-state index in [1.807, 2.05) is 0 Å². The second-order valence-corrected chi connectivity index (χ2v) is 1.19. The van der Waals surface area contributed by atoms with E-state index in [9.17, 15) is 0 Å². The molecule has 0 unspecified atom stereocenters. The molecule has 0 spiro atoms. The molecule has 0 aromatic carbocycles. The van der Waals surface area contributed by atoms with Crippen LogP contribution in [0.25, 0.3) is 0 Å². The summed E-state index contributed by atoms with van der Waals surface area (Å²) in [5.74, 6) is 0. The van der Waals surface area contributed by atoms with Gasteiger partial charge in [0, 0.05) is 21.7 Å². The Morgan fingerprint density at radius 1 is 1.14 bits per heavy atom. The molecule has 0 rings (SSSR count). The smallest absolute Gasteiger partial charge is 0.0777 e. The third kappa shape index (κ3) is 57.9. The molecule has 0 saturated carbocycles. The molecule has 0 atom stereocenters. The second kappa shape index (κ2) is 6.60. The molecule has 1 N–H and O–H groups in total. The molecule has 38 valence electrons. The Morgan fingerprint density at radius 3 is 1.14 bits per heavy atom. The average Bonchev–Trinajstić information content (AvgIpc) is 0.722. The van der Waals surface area contributed by atoms with E-state index in [0.29, 0.717) is 0 Å². The molecule has 0 amide bonds. The van der Waals surface area contributed by atoms with Gasteiger partial charge in [-0.1, -0.05) is 0 Å². The molecule has 7 heteroatoms. The predicted molar refractivity (Wildman–Crippen MR) is 9.37 cm³/mol. The summed E-state index contributed by atoms with van der Waals surface area (Å²) < 4.78 is 32.7. The van der Waals surface area contributed by atoms with Crippen molar-refractivity contribution in [2.45, 2.75) is 0 Å². The quantitative estimate of drug-likeness (QED) is 0.387. The van der Waals surface area contributed by atoms with Gasteiger partial charge in [0.25, 0.3) is 0 Å². The zero-order valence-electron chi connectivity index (χ0n) is 2.55. The van der Waals surface area contributed by atoms with E-state index < -0.39 is 10.2 Å². The number of hydrogen-bond acceptors (Lipinski definition) is 4. The van der Waals surface area contributed by atoms with Gasteiger partial charge in [-0.05, 0) is 0 Å². The number of rotatable bonds is 0. The van der Waals surface area contributed by atoms with Gasteiger partial charge in [0.2, 0.25) is 0 Å². The van der Waals surface area contributed by atoms with Crippen LogP contribution >= 0.6 is 0 Å². The monoisotopic (exact) mass is 188 g/mol. The summed E-state index contributed by atoms with van der Waals surface area (Å²) in [6.45, 7) is 0. The fourth-order valence-corrected chi connectivity index (χ4v) is 0. The van der Waals surface area contributed by atoms with Crippen LogP contribution in [0.2, 0.25) is 0 Å². The largest absolute Gasteiger partial charge is 0.183 e. The van der Waals surface area contributed by atoms with Crippen molar-refractivity contribution in [3.05, 3.63) is 0 Å². The summed E-state index contributed by atoms with van der Waals surface area (Å²) in [6.07, 6.45) is 0. The van der Waals surface area contributed by atoms with Gasteiger partial charge in [-0.3, -0.25) is 0 Å². The van der Waals surface area contributed by atoms with Crippen LogP contribution < -0.4 is 14.0 Å². The van der Waals surface area contributed by atoms with Crippen LogP contribution in [0.1, 0.15) is 0 Å². The Bertz CT molecular complexity index is 27.2. The molecule has 7 heavy (non-hydrogen) atoms. The maximum atomic E-state index is 8.60. The fraction of sp³-hybridized carbons (Fsp3) is 0. The third-order valence-corrected chi connectivity index (χ3v) is 0. The van der Waals surface area contributed by atoms with Gasteiger partial charge in [0.15, 0.2) is 0 Å². The first-order valence-corrected chi connectivity index (χ1v) is 1.90. The van der Waals surface area contributed by atoms with E-state index in [1.165, 1.54) is 0 Å². The van der Waals surface area contributed by atoms with Gasteiger partial charge in [-0.25, -0.2) is 0 Å². The third-order valence-electron chi connectivity index (χ3n) is 0. The van der Waals surface area contributed by atoms with E-state index in [-0.39, 0.29) is 73.1 Å². The van der Waals surface area contributed by atoms with Crippen molar-refractivity contribution < 1.29 is 50.6 Å². The van der Waals surface area contributed by atoms with Crippen molar-refractivity contribution in [1.82, 2.24) is 0 Å². The first-order valence-electron chi connectivity index (χ1n) is 0.632. The number of halogens is 1. The number of hydrogen-bond donors (Lipinski definition) is 1. The molecule has 0 aromatic rings. The first kappa shape index (κ1) is 16.2. The van der Waals surface area contributed by atoms with Crippen LogP contribution in [-0.2, 0) is 21.7 Å². The summed E-state index contributed by atoms with van der Waals surface area (Å²) in [4.78, 5) is 0. The second-order valence-electron chi connectivity index (χ2n) is 0.396. The van der Waals surface area contributed by atoms with Crippen molar-refractivity contribution in [2.24, 2.45) is 0 Å². The van der Waals surface area contributed by atoms with E-state index in [0.717, 1.165) is 0 Å². The zero-order valence-corrected chi connectivity index (χ0v) is 4.87. The maximum absolute atomic E-state index is 8.60. The summed E-state index contributed by atoms with van der Waals surface area (Å²) >= 11 is 0. The zero-order chi connectivity index (χ0) is 4.50. The standard InChI is InChI=1S/ClHO4.K.Ti.H/c2-1(3,4)5;;;/h(H,2,3,4,5);;;. The van der Waals surface area contributed by atoms with E-state index in [1.54, 1.807) is 0 Å². The molecule has 0 bridgehead atoms. The molecular weight excluding hydrogens is 186 g/mol. The predicted octanol–water partition coefficient (Wildman–Crippen LogP) is -4.77. The summed E-state index contributed by atoms with van der Waals surface area (Å²) in [7, 11) is -4.69. The van der Waals surface area contributed by atoms with Gasteiger partial charge >= 0.3 is 51.4 Å². The SMILES string of the molecule is [KH].[O-][Cl+3]([O-])([O-])O.[Ti]. The van der Waals surface area contributed by atoms with Gasteiger partial charge in [0.1, 0.15) is 0 Å². The van der Waals surface area contributed by atoms with Crippen molar-refractivity contribution in [3.63, 3.8) is 0 Å². The van der Waals surface area contributed by atoms with Crippen molar-refractivity contribution in [3.8, 4) is 0 Å². The molecule has 0 aromatic heterocycles. The van der Waals surface area contributed by atoms with Crippen LogP contribution in [0.4, 0.5) is 0 Å². The van der Waals surface area contributed by atoms with E-state index in [4.69, 9.17) is 18.6 Å². The van der Waals surface area contributed by atoms with Crippen molar-refractivity contribution in [1.29, 1.82) is 0 Å². The van der Waals surface area contributed by atoms with Crippen LogP contribution in [0.15, 0.2) is 0 Å². The summed E-state index contributed by atoms with van der Waals surface area (Å²) in [6, 6.07) is 0. The van der Waals surface area contributed by atoms with E-state index in [2.05, 4.69) is 0 Å². The normalized spacial score (nSPS) is 8.57. The van der Waals surface area contributed by atoms with Gasteiger partial charge < -0.3 is 0 Å². The van der Waals surface area contributed by atoms with Crippen LogP contribution in [0.3, 0.4) is 0 Å². The molecule has 4 nitrogen and oxygen atoms in total. The topological polar surface area (TPSA) is 89.4 Å². The van der Waals surface area contributed by atoms with Gasteiger partial charge in [-0.15, -0.1) is 0 Å². The van der Waals surface area contributed by atoms with Gasteiger partial charge in [-0.2, -0.15) is 14.0 Å². The minimum absolute atomic E-state index is 0. The average molecular weight is 188 g/mol. The molecule has 0 aliphatic heterocycles. The Labute approximate surface area is 99.9 Å². The van der Waals surface area contributed by atoms with Crippen molar-refractivity contribution in [2.75, 3.05) is 0 Å². The summed E-state index contributed by atoms with van der Waals surface area (Å²) in [5.41, 5.74) is 0. The molecule has 0 fully saturated rings. The van der Waals surface area contributed by atoms with Crippen molar-refractivity contribution >= 4 is 51.4 Å². The fourth-order valence-electron chi connectivity index (χ4n) is 0. The molecular formula is H2ClKO4Ti. The minimum Gasteiger partial charge on any atom is -0.183 e. The Morgan fingerprint density at radius 2 is 1.14 bits per heavy atom. The maximum Gasteiger partial charge on any atom is 0.0777 e. The first-order chi connectivity index (χ1) is 2.00. The molecule has 0 aliphatic rings. The Hall–Kier alpha value is 2.48. The summed E-state index contributed by atoms with van der Waals surface area (Å²) in [5, 5.41) is 0. The van der Waals surface area contributed by atoms with Crippen LogP contribution in [0, 0.1) is 10.2 Å². The Kier molecular flexibility index (Phi) is 15.3. The van der Waals surface area contributed by atoms with Gasteiger partial charge in [0.05, 0.1) is 14.9 Å². The molecule has 0 saturated heterocycles. The molecule has 0 radical (unpaired) electrons. The molecule has 0 heterocycles. The molecule has 0 aliphatic carbocycles. The van der Waals surface area contributed by atoms with Crippen LogP contribution in [-0.4, -0.2) is 56.0 Å². The minimum atomic E-state index is -4.69.